The topological polar surface area (TPSA) is 86.9 Å². The van der Waals surface area contributed by atoms with Crippen molar-refractivity contribution in [2.45, 2.75) is 32.2 Å². The van der Waals surface area contributed by atoms with Gasteiger partial charge in [0.2, 0.25) is 5.91 Å². The second-order valence-electron chi connectivity index (χ2n) is 8.49. The summed E-state index contributed by atoms with van der Waals surface area (Å²) in [5.41, 5.74) is 10.3. The number of amides is 1. The number of nitrogens with two attached hydrogens (primary N) is 1. The molecule has 2 heterocycles. The molecule has 4 rings (SSSR count). The summed E-state index contributed by atoms with van der Waals surface area (Å²) in [4.78, 5) is 25.3. The Labute approximate surface area is 198 Å². The SMILES string of the molecule is CC(=O)N1CCC(C(=O)O)CC1.CN1Cc2c(Cl)cc(Cl)cc2C(c2cccc(N)c2)C1. The Morgan fingerprint density at radius 3 is 2.41 bits per heavy atom. The van der Waals surface area contributed by atoms with Crippen molar-refractivity contribution < 1.29 is 14.7 Å². The third kappa shape index (κ3) is 5.94. The summed E-state index contributed by atoms with van der Waals surface area (Å²) >= 11 is 12.5. The maximum atomic E-state index is 10.9. The molecule has 2 aromatic rings. The third-order valence-electron chi connectivity index (χ3n) is 6.10. The number of nitrogens with zero attached hydrogens (tertiary/aromatic N) is 2. The maximum Gasteiger partial charge on any atom is 0.306 e. The first-order chi connectivity index (χ1) is 15.2. The minimum Gasteiger partial charge on any atom is -0.481 e. The fourth-order valence-electron chi connectivity index (χ4n) is 4.35. The maximum absolute atomic E-state index is 10.9. The number of hydrogen-bond donors (Lipinski definition) is 2. The highest BCUT2D eigenvalue weighted by Crippen LogP contribution is 2.38. The van der Waals surface area contributed by atoms with Crippen molar-refractivity contribution in [3.8, 4) is 0 Å². The van der Waals surface area contributed by atoms with Crippen molar-refractivity contribution in [1.29, 1.82) is 0 Å². The molecule has 172 valence electrons. The molecular formula is C24H29Cl2N3O3. The van der Waals surface area contributed by atoms with Crippen molar-refractivity contribution in [3.05, 3.63) is 63.1 Å². The number of anilines is 1. The summed E-state index contributed by atoms with van der Waals surface area (Å²) in [6.45, 7) is 4.48. The summed E-state index contributed by atoms with van der Waals surface area (Å²) in [7, 11) is 2.10. The Hall–Kier alpha value is -2.28. The summed E-state index contributed by atoms with van der Waals surface area (Å²) < 4.78 is 0. The molecule has 1 atom stereocenters. The quantitative estimate of drug-likeness (QED) is 0.622. The molecule has 2 aliphatic heterocycles. The highest BCUT2D eigenvalue weighted by Gasteiger charge is 2.27. The van der Waals surface area contributed by atoms with Gasteiger partial charge in [-0.15, -0.1) is 0 Å². The van der Waals surface area contributed by atoms with Crippen molar-refractivity contribution in [3.63, 3.8) is 0 Å². The molecule has 0 radical (unpaired) electrons. The van der Waals surface area contributed by atoms with Crippen molar-refractivity contribution in [2.75, 3.05) is 32.4 Å². The van der Waals surface area contributed by atoms with E-state index in [1.54, 1.807) is 4.90 Å². The van der Waals surface area contributed by atoms with Crippen LogP contribution in [0.2, 0.25) is 10.0 Å². The third-order valence-corrected chi connectivity index (χ3v) is 6.65. The number of piperidine rings is 1. The number of fused-ring (bicyclic) bond motifs is 1. The van der Waals surface area contributed by atoms with Crippen molar-refractivity contribution >= 4 is 40.8 Å². The summed E-state index contributed by atoms with van der Waals surface area (Å²) in [5, 5.41) is 10.1. The van der Waals surface area contributed by atoms with Crippen LogP contribution in [0.25, 0.3) is 0 Å². The van der Waals surface area contributed by atoms with E-state index in [4.69, 9.17) is 34.0 Å². The van der Waals surface area contributed by atoms with Crippen LogP contribution in [0.15, 0.2) is 36.4 Å². The monoisotopic (exact) mass is 477 g/mol. The van der Waals surface area contributed by atoms with Crippen LogP contribution in [0.1, 0.15) is 42.4 Å². The van der Waals surface area contributed by atoms with E-state index in [1.165, 1.54) is 18.1 Å². The Bertz CT molecular complexity index is 968. The van der Waals surface area contributed by atoms with Crippen molar-refractivity contribution in [1.82, 2.24) is 9.80 Å². The number of benzene rings is 2. The first-order valence-electron chi connectivity index (χ1n) is 10.7. The predicted octanol–water partition coefficient (Wildman–Crippen LogP) is 4.48. The molecule has 3 N–H and O–H groups in total. The van der Waals surface area contributed by atoms with Gasteiger partial charge >= 0.3 is 5.97 Å². The van der Waals surface area contributed by atoms with Gasteiger partial charge in [-0.2, -0.15) is 0 Å². The highest BCUT2D eigenvalue weighted by atomic mass is 35.5. The fraction of sp³-hybridized carbons (Fsp3) is 0.417. The van der Waals surface area contributed by atoms with Gasteiger partial charge in [-0.3, -0.25) is 9.59 Å². The van der Waals surface area contributed by atoms with E-state index in [0.717, 1.165) is 29.4 Å². The fourth-order valence-corrected chi connectivity index (χ4v) is 4.92. The smallest absolute Gasteiger partial charge is 0.306 e. The van der Waals surface area contributed by atoms with Crippen LogP contribution in [-0.2, 0) is 16.1 Å². The lowest BCUT2D eigenvalue weighted by Gasteiger charge is -2.33. The van der Waals surface area contributed by atoms with Crippen molar-refractivity contribution in [2.24, 2.45) is 5.92 Å². The molecule has 1 fully saturated rings. The van der Waals surface area contributed by atoms with Crippen LogP contribution >= 0.6 is 23.2 Å². The molecule has 6 nitrogen and oxygen atoms in total. The van der Waals surface area contributed by atoms with Gasteiger partial charge in [0, 0.05) is 54.8 Å². The molecule has 0 saturated carbocycles. The van der Waals surface area contributed by atoms with E-state index in [1.807, 2.05) is 30.3 Å². The standard InChI is InChI=1S/C16H16Cl2N2.C8H13NO3/c1-20-8-14(10-3-2-4-12(19)5-10)13-6-11(17)7-16(18)15(13)9-20;1-6(10)9-4-2-7(3-5-9)8(11)12/h2-7,14H,8-9,19H2,1H3;7H,2-5H2,1H3,(H,11,12). The van der Waals surface area contributed by atoms with Crippen LogP contribution in [0.5, 0.6) is 0 Å². The molecule has 8 heteroatoms. The molecule has 1 amide bonds. The van der Waals surface area contributed by atoms with Crippen LogP contribution in [0.3, 0.4) is 0 Å². The van der Waals surface area contributed by atoms with Gasteiger partial charge in [-0.05, 0) is 60.8 Å². The number of carbonyl (C=O) groups excluding carboxylic acids is 1. The number of carboxylic acid groups (broad SMARTS) is 1. The zero-order valence-corrected chi connectivity index (χ0v) is 19.9. The Morgan fingerprint density at radius 2 is 1.81 bits per heavy atom. The van der Waals surface area contributed by atoms with Crippen LogP contribution < -0.4 is 5.73 Å². The number of carboxylic acids is 1. The summed E-state index contributed by atoms with van der Waals surface area (Å²) in [5.74, 6) is -0.693. The van der Waals surface area contributed by atoms with Gasteiger partial charge in [0.1, 0.15) is 0 Å². The molecule has 2 aliphatic rings. The minimum absolute atomic E-state index is 0.0406. The van der Waals surface area contributed by atoms with E-state index in [9.17, 15) is 9.59 Å². The van der Waals surface area contributed by atoms with Crippen LogP contribution in [0, 0.1) is 5.92 Å². The predicted molar refractivity (Wildman–Crippen MR) is 128 cm³/mol. The average Bonchev–Trinajstić information content (AvgIpc) is 2.74. The Morgan fingerprint density at radius 1 is 1.12 bits per heavy atom. The molecule has 0 spiro atoms. The lowest BCUT2D eigenvalue weighted by Crippen LogP contribution is -2.38. The largest absolute Gasteiger partial charge is 0.481 e. The van der Waals surface area contributed by atoms with Gasteiger partial charge in [0.15, 0.2) is 0 Å². The lowest BCUT2D eigenvalue weighted by atomic mass is 9.84. The molecular weight excluding hydrogens is 449 g/mol. The van der Waals surface area contributed by atoms with E-state index in [2.05, 4.69) is 18.0 Å². The Balaban J connectivity index is 0.000000207. The van der Waals surface area contributed by atoms with E-state index in [-0.39, 0.29) is 17.7 Å². The first kappa shape index (κ1) is 24.4. The molecule has 32 heavy (non-hydrogen) atoms. The number of nitrogen functional groups attached to an aromatic ring is 1. The normalized spacial score (nSPS) is 19.0. The second kappa shape index (κ2) is 10.6. The number of rotatable bonds is 2. The minimum atomic E-state index is -0.738. The van der Waals surface area contributed by atoms with Gasteiger partial charge in [0.05, 0.1) is 5.92 Å². The van der Waals surface area contributed by atoms with Crippen LogP contribution in [-0.4, -0.2) is 53.5 Å². The number of likely N-dealkylation sites (tertiary alicyclic amines) is 1. The first-order valence-corrected chi connectivity index (χ1v) is 11.4. The number of carbonyl (C=O) groups is 2. The molecule has 0 bridgehead atoms. The second-order valence-corrected chi connectivity index (χ2v) is 9.34. The van der Waals surface area contributed by atoms with E-state index in [0.29, 0.717) is 31.0 Å². The number of hydrogen-bond acceptors (Lipinski definition) is 4. The van der Waals surface area contributed by atoms with E-state index >= 15 is 0 Å². The van der Waals surface area contributed by atoms with Gasteiger partial charge in [0.25, 0.3) is 0 Å². The summed E-state index contributed by atoms with van der Waals surface area (Å²) in [6.07, 6.45) is 1.18. The van der Waals surface area contributed by atoms with Gasteiger partial charge < -0.3 is 20.6 Å². The Kier molecular flexibility index (Phi) is 8.04. The zero-order valence-electron chi connectivity index (χ0n) is 18.4. The number of halogens is 2. The molecule has 0 aromatic heterocycles. The highest BCUT2D eigenvalue weighted by molar-refractivity contribution is 6.35. The molecule has 1 saturated heterocycles. The molecule has 2 aromatic carbocycles. The van der Waals surface area contributed by atoms with Gasteiger partial charge in [-0.25, -0.2) is 0 Å². The number of likely N-dealkylation sites (N-methyl/N-ethyl adjacent to an activating group) is 1. The molecule has 1 unspecified atom stereocenters. The van der Waals surface area contributed by atoms with Gasteiger partial charge in [-0.1, -0.05) is 35.3 Å². The number of aliphatic carboxylic acids is 1. The summed E-state index contributed by atoms with van der Waals surface area (Å²) in [6, 6.07) is 11.9. The van der Waals surface area contributed by atoms with Crippen LogP contribution in [0.4, 0.5) is 5.69 Å². The lowest BCUT2D eigenvalue weighted by molar-refractivity contribution is -0.145. The average molecular weight is 478 g/mol. The van der Waals surface area contributed by atoms with E-state index < -0.39 is 5.97 Å². The molecule has 0 aliphatic carbocycles. The zero-order chi connectivity index (χ0) is 23.4.